The molecule has 31 heavy (non-hydrogen) atoms. The lowest BCUT2D eigenvalue weighted by atomic mass is 9.91. The Bertz CT molecular complexity index is 707. The minimum absolute atomic E-state index is 0.129. The first-order valence-corrected chi connectivity index (χ1v) is 11.1. The van der Waals surface area contributed by atoms with Gasteiger partial charge in [-0.25, -0.2) is 4.79 Å². The molecule has 8 heteroatoms. The number of nitrogens with zero attached hydrogens (tertiary/aromatic N) is 1. The summed E-state index contributed by atoms with van der Waals surface area (Å²) in [6.45, 7) is 8.59. The summed E-state index contributed by atoms with van der Waals surface area (Å²) < 4.78 is 10.5. The highest BCUT2D eigenvalue weighted by Gasteiger charge is 2.25. The molecule has 0 heterocycles. The van der Waals surface area contributed by atoms with Crippen molar-refractivity contribution in [2.75, 3.05) is 20.2 Å². The molecule has 0 aromatic heterocycles. The van der Waals surface area contributed by atoms with Crippen molar-refractivity contribution >= 4 is 12.1 Å². The molecular weight excluding hydrogens is 396 g/mol. The van der Waals surface area contributed by atoms with E-state index in [1.807, 2.05) is 52.0 Å². The van der Waals surface area contributed by atoms with E-state index in [0.29, 0.717) is 5.96 Å². The predicted molar refractivity (Wildman–Crippen MR) is 122 cm³/mol. The van der Waals surface area contributed by atoms with E-state index in [2.05, 4.69) is 20.9 Å². The van der Waals surface area contributed by atoms with Crippen LogP contribution < -0.4 is 20.7 Å². The quantitative estimate of drug-likeness (QED) is 0.388. The van der Waals surface area contributed by atoms with E-state index in [0.717, 1.165) is 43.5 Å². The molecule has 1 amide bonds. The maximum Gasteiger partial charge on any atom is 0.407 e. The van der Waals surface area contributed by atoms with Crippen molar-refractivity contribution in [2.45, 2.75) is 77.2 Å². The number of carbonyl (C=O) groups excluding carboxylic acids is 1. The van der Waals surface area contributed by atoms with Crippen molar-refractivity contribution in [3.05, 3.63) is 29.8 Å². The van der Waals surface area contributed by atoms with Crippen LogP contribution in [0.3, 0.4) is 0 Å². The van der Waals surface area contributed by atoms with E-state index < -0.39 is 11.7 Å². The maximum atomic E-state index is 12.0. The second kappa shape index (κ2) is 11.8. The third-order valence-electron chi connectivity index (χ3n) is 5.06. The largest absolute Gasteiger partial charge is 0.497 e. The van der Waals surface area contributed by atoms with E-state index in [1.165, 1.54) is 0 Å². The number of rotatable bonds is 7. The van der Waals surface area contributed by atoms with Gasteiger partial charge in [-0.05, 0) is 71.1 Å². The highest BCUT2D eigenvalue weighted by atomic mass is 16.6. The Hall–Kier alpha value is -2.48. The first-order valence-electron chi connectivity index (χ1n) is 11.1. The number of methoxy groups -OCH3 is 1. The number of aliphatic imine (C=N–C) groups is 1. The van der Waals surface area contributed by atoms with Crippen molar-refractivity contribution in [1.82, 2.24) is 16.0 Å². The Morgan fingerprint density at radius 2 is 1.71 bits per heavy atom. The van der Waals surface area contributed by atoms with Gasteiger partial charge in [0.25, 0.3) is 0 Å². The van der Waals surface area contributed by atoms with Gasteiger partial charge in [0, 0.05) is 18.6 Å². The van der Waals surface area contributed by atoms with Gasteiger partial charge in [-0.1, -0.05) is 12.1 Å². The van der Waals surface area contributed by atoms with Gasteiger partial charge in [-0.3, -0.25) is 4.99 Å². The first-order chi connectivity index (χ1) is 14.7. The van der Waals surface area contributed by atoms with Gasteiger partial charge in [0.1, 0.15) is 11.4 Å². The van der Waals surface area contributed by atoms with Gasteiger partial charge in [0.15, 0.2) is 5.96 Å². The van der Waals surface area contributed by atoms with Gasteiger partial charge in [0.05, 0.1) is 19.8 Å². The zero-order chi connectivity index (χ0) is 22.9. The van der Waals surface area contributed by atoms with Crippen molar-refractivity contribution < 1.29 is 19.4 Å². The topological polar surface area (TPSA) is 104 Å². The summed E-state index contributed by atoms with van der Waals surface area (Å²) in [5, 5.41) is 20.1. The summed E-state index contributed by atoms with van der Waals surface area (Å²) in [6.07, 6.45) is 2.56. The fraction of sp³-hybridized carbons (Fsp3) is 0.652. The highest BCUT2D eigenvalue weighted by molar-refractivity contribution is 5.80. The predicted octanol–water partition coefficient (Wildman–Crippen LogP) is 3.12. The lowest BCUT2D eigenvalue weighted by Gasteiger charge is -2.31. The summed E-state index contributed by atoms with van der Waals surface area (Å²) in [4.78, 5) is 16.5. The summed E-state index contributed by atoms with van der Waals surface area (Å²) in [5.74, 6) is 1.45. The average Bonchev–Trinajstić information content (AvgIpc) is 2.72. The molecule has 1 atom stereocenters. The molecule has 0 radical (unpaired) electrons. The molecule has 1 saturated carbocycles. The Kier molecular flexibility index (Phi) is 9.43. The molecule has 1 aromatic rings. The fourth-order valence-corrected chi connectivity index (χ4v) is 3.48. The van der Waals surface area contributed by atoms with Gasteiger partial charge in [0.2, 0.25) is 0 Å². The Morgan fingerprint density at radius 3 is 2.23 bits per heavy atom. The standard InChI is InChI=1S/C23H38N4O4/c1-6-24-21(25-15-20(28)16-7-13-19(30-5)14-8-16)26-17-9-11-18(12-10-17)27-22(29)31-23(2,3)4/h7-8,13-14,17-18,20,28H,6,9-12,15H2,1-5H3,(H,27,29)(H2,24,25,26). The molecule has 2 rings (SSSR count). The van der Waals surface area contributed by atoms with Crippen molar-refractivity contribution in [3.8, 4) is 5.75 Å². The van der Waals surface area contributed by atoms with Crippen molar-refractivity contribution in [3.63, 3.8) is 0 Å². The van der Waals surface area contributed by atoms with Gasteiger partial charge in [-0.2, -0.15) is 0 Å². The summed E-state index contributed by atoms with van der Waals surface area (Å²) in [5.41, 5.74) is 0.310. The molecule has 1 unspecified atom stereocenters. The molecule has 0 spiro atoms. The molecule has 1 aromatic carbocycles. The van der Waals surface area contributed by atoms with Crippen LogP contribution in [0.25, 0.3) is 0 Å². The van der Waals surface area contributed by atoms with Crippen LogP contribution in [0.1, 0.15) is 65.0 Å². The molecule has 0 saturated heterocycles. The average molecular weight is 435 g/mol. The highest BCUT2D eigenvalue weighted by Crippen LogP contribution is 2.20. The third-order valence-corrected chi connectivity index (χ3v) is 5.06. The molecule has 4 N–H and O–H groups in total. The number of aliphatic hydroxyl groups excluding tert-OH is 1. The second-order valence-corrected chi connectivity index (χ2v) is 8.85. The van der Waals surface area contributed by atoms with Gasteiger partial charge >= 0.3 is 6.09 Å². The van der Waals surface area contributed by atoms with E-state index in [1.54, 1.807) is 7.11 Å². The molecule has 0 aliphatic heterocycles. The molecule has 1 aliphatic rings. The zero-order valence-corrected chi connectivity index (χ0v) is 19.4. The summed E-state index contributed by atoms with van der Waals surface area (Å²) in [7, 11) is 1.62. The van der Waals surface area contributed by atoms with E-state index >= 15 is 0 Å². The number of ether oxygens (including phenoxy) is 2. The number of nitrogens with one attached hydrogen (secondary N) is 3. The monoisotopic (exact) mass is 434 g/mol. The number of hydrogen-bond donors (Lipinski definition) is 4. The number of carbonyl (C=O) groups is 1. The number of benzene rings is 1. The molecule has 174 valence electrons. The number of hydrogen-bond acceptors (Lipinski definition) is 5. The van der Waals surface area contributed by atoms with E-state index in [9.17, 15) is 9.90 Å². The van der Waals surface area contributed by atoms with Crippen molar-refractivity contribution in [1.29, 1.82) is 0 Å². The van der Waals surface area contributed by atoms with E-state index in [-0.39, 0.29) is 24.7 Å². The summed E-state index contributed by atoms with van der Waals surface area (Å²) in [6, 6.07) is 7.75. The summed E-state index contributed by atoms with van der Waals surface area (Å²) >= 11 is 0. The van der Waals surface area contributed by atoms with Crippen molar-refractivity contribution in [2.24, 2.45) is 4.99 Å². The third kappa shape index (κ3) is 9.04. The molecule has 8 nitrogen and oxygen atoms in total. The lowest BCUT2D eigenvalue weighted by Crippen LogP contribution is -2.48. The van der Waals surface area contributed by atoms with Crippen LogP contribution in [-0.4, -0.2) is 55.0 Å². The second-order valence-electron chi connectivity index (χ2n) is 8.85. The Balaban J connectivity index is 1.82. The molecule has 0 bridgehead atoms. The van der Waals surface area contributed by atoms with Crippen LogP contribution in [0.5, 0.6) is 5.75 Å². The molecular formula is C23H38N4O4. The number of aliphatic hydroxyl groups is 1. The zero-order valence-electron chi connectivity index (χ0n) is 19.4. The van der Waals surface area contributed by atoms with Crippen LogP contribution in [-0.2, 0) is 4.74 Å². The normalized spacial score (nSPS) is 20.5. The first kappa shape index (κ1) is 24.8. The lowest BCUT2D eigenvalue weighted by molar-refractivity contribution is 0.0490. The number of guanidine groups is 1. The maximum absolute atomic E-state index is 12.0. The van der Waals surface area contributed by atoms with Crippen LogP contribution in [0.4, 0.5) is 4.79 Å². The number of alkyl carbamates (subject to hydrolysis) is 1. The van der Waals surface area contributed by atoms with Crippen LogP contribution >= 0.6 is 0 Å². The van der Waals surface area contributed by atoms with Gasteiger partial charge in [-0.15, -0.1) is 0 Å². The Labute approximate surface area is 185 Å². The van der Waals surface area contributed by atoms with Crippen LogP contribution in [0, 0.1) is 0 Å². The SMILES string of the molecule is CCNC(=NCC(O)c1ccc(OC)cc1)NC1CCC(NC(=O)OC(C)(C)C)CC1. The number of amides is 1. The van der Waals surface area contributed by atoms with E-state index in [4.69, 9.17) is 9.47 Å². The minimum atomic E-state index is -0.685. The van der Waals surface area contributed by atoms with Gasteiger partial charge < -0.3 is 30.5 Å². The van der Waals surface area contributed by atoms with Crippen LogP contribution in [0.2, 0.25) is 0 Å². The smallest absolute Gasteiger partial charge is 0.407 e. The molecule has 1 fully saturated rings. The Morgan fingerprint density at radius 1 is 1.13 bits per heavy atom. The van der Waals surface area contributed by atoms with Crippen LogP contribution in [0.15, 0.2) is 29.3 Å². The molecule has 1 aliphatic carbocycles. The fourth-order valence-electron chi connectivity index (χ4n) is 3.48. The minimum Gasteiger partial charge on any atom is -0.497 e.